The Hall–Kier alpha value is -4.92. The number of ether oxygens (including phenoxy) is 2. The number of benzene rings is 2. The Labute approximate surface area is 267 Å². The summed E-state index contributed by atoms with van der Waals surface area (Å²) in [6, 6.07) is 8.48. The third-order valence-electron chi connectivity index (χ3n) is 8.83. The number of hydrogen-bond acceptors (Lipinski definition) is 8. The van der Waals surface area contributed by atoms with Crippen LogP contribution >= 0.6 is 0 Å². The molecular weight excluding hydrogens is 592 g/mol. The first-order chi connectivity index (χ1) is 21.7. The van der Waals surface area contributed by atoms with Crippen LogP contribution in [0.15, 0.2) is 36.4 Å². The molecule has 1 saturated carbocycles. The molecule has 0 unspecified atom stereocenters. The van der Waals surface area contributed by atoms with Crippen molar-refractivity contribution in [1.29, 1.82) is 0 Å². The average molecular weight is 631 g/mol. The Bertz CT molecular complexity index is 1670. The van der Waals surface area contributed by atoms with Crippen molar-refractivity contribution in [3.05, 3.63) is 68.8 Å². The summed E-state index contributed by atoms with van der Waals surface area (Å²) in [5.74, 6) is 5.04. The minimum absolute atomic E-state index is 0.0374. The van der Waals surface area contributed by atoms with Crippen LogP contribution in [0.1, 0.15) is 84.7 Å². The number of methoxy groups -OCH3 is 1. The number of nitrogens with zero attached hydrogens (tertiary/aromatic N) is 3. The lowest BCUT2D eigenvalue weighted by atomic mass is 9.91. The summed E-state index contributed by atoms with van der Waals surface area (Å²) in [5, 5.41) is 11.3. The molecule has 2 aromatic rings. The average Bonchev–Trinajstić information content (AvgIpc) is 3.55. The lowest BCUT2D eigenvalue weighted by Gasteiger charge is -2.33. The lowest BCUT2D eigenvalue weighted by Crippen LogP contribution is -2.45. The largest absolute Gasteiger partial charge is 0.490 e. The second kappa shape index (κ2) is 12.5. The van der Waals surface area contributed by atoms with Crippen molar-refractivity contribution in [2.24, 2.45) is 17.1 Å². The van der Waals surface area contributed by atoms with E-state index < -0.39 is 28.4 Å². The zero-order chi connectivity index (χ0) is 33.4. The van der Waals surface area contributed by atoms with Gasteiger partial charge < -0.3 is 25.0 Å². The monoisotopic (exact) mass is 630 g/mol. The zero-order valence-electron chi connectivity index (χ0n) is 26.5. The highest BCUT2D eigenvalue weighted by Gasteiger charge is 2.55. The molecule has 5 rings (SSSR count). The summed E-state index contributed by atoms with van der Waals surface area (Å²) in [4.78, 5) is 65.3. The van der Waals surface area contributed by atoms with Crippen molar-refractivity contribution >= 4 is 29.4 Å². The molecule has 2 N–H and O–H groups in total. The fourth-order valence-electron chi connectivity index (χ4n) is 6.47. The molecule has 0 radical (unpaired) electrons. The lowest BCUT2D eigenvalue weighted by molar-refractivity contribution is -0.385. The predicted octanol–water partition coefficient (Wildman–Crippen LogP) is 3.83. The van der Waals surface area contributed by atoms with E-state index in [2.05, 4.69) is 11.8 Å². The van der Waals surface area contributed by atoms with Crippen molar-refractivity contribution in [1.82, 2.24) is 9.80 Å². The van der Waals surface area contributed by atoms with Gasteiger partial charge in [-0.2, -0.15) is 0 Å². The first-order valence-corrected chi connectivity index (χ1v) is 15.3. The van der Waals surface area contributed by atoms with Crippen LogP contribution in [-0.2, 0) is 20.9 Å². The van der Waals surface area contributed by atoms with E-state index in [4.69, 9.17) is 15.2 Å². The molecule has 3 amide bonds. The fraction of sp³-hybridized carbons (Fsp3) is 0.471. The van der Waals surface area contributed by atoms with Gasteiger partial charge in [-0.05, 0) is 70.2 Å². The second-order valence-corrected chi connectivity index (χ2v) is 13.2. The fourth-order valence-corrected chi connectivity index (χ4v) is 6.47. The van der Waals surface area contributed by atoms with Crippen LogP contribution in [0.25, 0.3) is 0 Å². The van der Waals surface area contributed by atoms with Crippen molar-refractivity contribution in [3.8, 4) is 17.6 Å². The Balaban J connectivity index is 1.27. The smallest absolute Gasteiger partial charge is 0.310 e. The summed E-state index contributed by atoms with van der Waals surface area (Å²) in [6.45, 7) is 6.53. The van der Waals surface area contributed by atoms with Gasteiger partial charge in [-0.15, -0.1) is 0 Å². The van der Waals surface area contributed by atoms with Gasteiger partial charge in [0.1, 0.15) is 11.6 Å². The van der Waals surface area contributed by atoms with Gasteiger partial charge in [0, 0.05) is 66.2 Å². The molecule has 2 fully saturated rings. The number of nitrogens with two attached hydrogens (primary N) is 1. The maximum absolute atomic E-state index is 13.4. The van der Waals surface area contributed by atoms with Crippen LogP contribution in [0.5, 0.6) is 5.75 Å². The molecule has 2 aliphatic heterocycles. The van der Waals surface area contributed by atoms with E-state index in [9.17, 15) is 29.3 Å². The molecule has 0 aromatic heterocycles. The molecule has 2 aromatic carbocycles. The number of nitro benzene ring substituents is 1. The number of rotatable bonds is 8. The van der Waals surface area contributed by atoms with Crippen molar-refractivity contribution in [2.75, 3.05) is 20.2 Å². The molecule has 12 heteroatoms. The highest BCUT2D eigenvalue weighted by molar-refractivity contribution is 6.01. The Morgan fingerprint density at radius 3 is 2.65 bits per heavy atom. The van der Waals surface area contributed by atoms with E-state index in [1.807, 2.05) is 6.07 Å². The minimum atomic E-state index is -0.971. The topological polar surface area (TPSA) is 162 Å². The third-order valence-corrected chi connectivity index (χ3v) is 8.83. The number of esters is 1. The van der Waals surface area contributed by atoms with Gasteiger partial charge in [0.15, 0.2) is 5.75 Å². The summed E-state index contributed by atoms with van der Waals surface area (Å²) < 4.78 is 10.5. The van der Waals surface area contributed by atoms with Crippen LogP contribution in [0.3, 0.4) is 0 Å². The highest BCUT2D eigenvalue weighted by atomic mass is 16.6. The molecule has 1 aliphatic carbocycles. The van der Waals surface area contributed by atoms with E-state index in [0.717, 1.165) is 19.3 Å². The van der Waals surface area contributed by atoms with E-state index in [1.54, 1.807) is 37.8 Å². The predicted molar refractivity (Wildman–Crippen MR) is 167 cm³/mol. The minimum Gasteiger partial charge on any atom is -0.490 e. The van der Waals surface area contributed by atoms with E-state index in [1.165, 1.54) is 30.2 Å². The molecule has 242 valence electrons. The molecule has 12 nitrogen and oxygen atoms in total. The van der Waals surface area contributed by atoms with Crippen LogP contribution < -0.4 is 10.5 Å². The first kappa shape index (κ1) is 32.5. The number of amides is 3. The normalized spacial score (nSPS) is 20.8. The number of carbonyl (C=O) groups is 4. The first-order valence-electron chi connectivity index (χ1n) is 15.3. The van der Waals surface area contributed by atoms with E-state index in [-0.39, 0.29) is 54.0 Å². The third kappa shape index (κ3) is 6.68. The Kier molecular flexibility index (Phi) is 8.80. The molecule has 1 saturated heterocycles. The number of likely N-dealkylation sites (tertiary alicyclic amines) is 1. The van der Waals surface area contributed by atoms with Crippen molar-refractivity contribution in [2.45, 2.75) is 71.1 Å². The maximum Gasteiger partial charge on any atom is 0.310 e. The standard InChI is InChI=1S/C34H38N4O8/c1-33(2,3)46-29(39)14-13-27(30(35)40)37-19-25-21(7-5-8-24(25)32(37)42)9-11-23-18-34(23)15-6-16-36(20-34)31(41)22-10-12-26(38(43)44)28(17-22)45-4/h5,7-8,10,12,17,23,27H,6,13-16,18-20H2,1-4H3,(H2,35,40)/t23-,27+,34-/m1/s1. The molecule has 1 spiro atoms. The van der Waals surface area contributed by atoms with Crippen molar-refractivity contribution in [3.63, 3.8) is 0 Å². The van der Waals surface area contributed by atoms with Gasteiger partial charge >= 0.3 is 11.7 Å². The van der Waals surface area contributed by atoms with Crippen LogP contribution in [0.4, 0.5) is 5.69 Å². The Morgan fingerprint density at radius 1 is 1.22 bits per heavy atom. The summed E-state index contributed by atoms with van der Waals surface area (Å²) >= 11 is 0. The quantitative estimate of drug-likeness (QED) is 0.199. The molecular formula is C34H38N4O8. The summed E-state index contributed by atoms with van der Waals surface area (Å²) in [7, 11) is 1.33. The molecule has 2 heterocycles. The Morgan fingerprint density at radius 2 is 1.98 bits per heavy atom. The van der Waals surface area contributed by atoms with Gasteiger partial charge in [0.2, 0.25) is 5.91 Å². The number of nitro groups is 1. The zero-order valence-corrected chi connectivity index (χ0v) is 26.5. The van der Waals surface area contributed by atoms with Crippen LogP contribution in [-0.4, -0.2) is 70.3 Å². The van der Waals surface area contributed by atoms with Gasteiger partial charge in [0.25, 0.3) is 11.8 Å². The molecule has 0 bridgehead atoms. The number of hydrogen-bond donors (Lipinski definition) is 1. The van der Waals surface area contributed by atoms with Gasteiger partial charge in [-0.25, -0.2) is 0 Å². The molecule has 3 atom stereocenters. The van der Waals surface area contributed by atoms with E-state index >= 15 is 0 Å². The van der Waals surface area contributed by atoms with Gasteiger partial charge in [-0.1, -0.05) is 17.9 Å². The van der Waals surface area contributed by atoms with Gasteiger partial charge in [-0.3, -0.25) is 29.3 Å². The molecule has 3 aliphatic rings. The van der Waals surface area contributed by atoms with Crippen LogP contribution in [0.2, 0.25) is 0 Å². The number of primary amides is 1. The SMILES string of the molecule is COc1cc(C(=O)N2CCC[C@@]3(C[C@H]3C#Cc3cccc4c3CN([C@@H](CCC(=O)OC(C)(C)C)C(N)=O)C4=O)C2)ccc1[N+](=O)[O-]. The van der Waals surface area contributed by atoms with E-state index in [0.29, 0.717) is 35.3 Å². The number of piperidine rings is 1. The van der Waals surface area contributed by atoms with Crippen molar-refractivity contribution < 1.29 is 33.6 Å². The molecule has 46 heavy (non-hydrogen) atoms. The maximum atomic E-state index is 13.4. The summed E-state index contributed by atoms with van der Waals surface area (Å²) in [5.41, 5.74) is 6.86. The highest BCUT2D eigenvalue weighted by Crippen LogP contribution is 2.57. The van der Waals surface area contributed by atoms with Gasteiger partial charge in [0.05, 0.1) is 12.0 Å². The van der Waals surface area contributed by atoms with Crippen LogP contribution in [0, 0.1) is 33.3 Å². The number of fused-ring (bicyclic) bond motifs is 1. The summed E-state index contributed by atoms with van der Waals surface area (Å²) in [6.07, 6.45) is 2.57. The second-order valence-electron chi connectivity index (χ2n) is 13.2. The number of carbonyl (C=O) groups excluding carboxylic acids is 4.